The van der Waals surface area contributed by atoms with Gasteiger partial charge in [-0.15, -0.1) is 11.7 Å². The van der Waals surface area contributed by atoms with E-state index in [2.05, 4.69) is 11.7 Å². The fourth-order valence-electron chi connectivity index (χ4n) is 0.267. The molecule has 0 aliphatic heterocycles. The molecule has 0 aromatic carbocycles. The Morgan fingerprint density at radius 1 is 0.769 bits per heavy atom. The molecule has 82 valence electrons. The molecule has 3 nitrogen and oxygen atoms in total. The topological polar surface area (TPSA) is 78.1 Å². The number of hydrogen-bond acceptors (Lipinski definition) is 7. The average molecular weight is 262 g/mol. The SMILES string of the molecule is NCCSS.NCCSSCCN. The van der Waals surface area contributed by atoms with Crippen LogP contribution in [0.25, 0.3) is 0 Å². The van der Waals surface area contributed by atoms with Gasteiger partial charge < -0.3 is 17.2 Å². The van der Waals surface area contributed by atoms with E-state index in [9.17, 15) is 0 Å². The highest BCUT2D eigenvalue weighted by Gasteiger charge is 1.84. The lowest BCUT2D eigenvalue weighted by Gasteiger charge is -1.93. The summed E-state index contributed by atoms with van der Waals surface area (Å²) in [6.07, 6.45) is 0. The Kier molecular flexibility index (Phi) is 24.3. The maximum Gasteiger partial charge on any atom is 0.0160 e. The summed E-state index contributed by atoms with van der Waals surface area (Å²) in [4.78, 5) is 0. The molecular formula is C6H19N3S4. The van der Waals surface area contributed by atoms with Crippen molar-refractivity contribution in [2.75, 3.05) is 36.9 Å². The summed E-state index contributed by atoms with van der Waals surface area (Å²) in [6, 6.07) is 0. The van der Waals surface area contributed by atoms with Gasteiger partial charge in [0.15, 0.2) is 0 Å². The maximum atomic E-state index is 5.25. The quantitative estimate of drug-likeness (QED) is 0.309. The molecule has 0 aromatic rings. The van der Waals surface area contributed by atoms with Gasteiger partial charge in [0.2, 0.25) is 0 Å². The molecule has 0 atom stereocenters. The fraction of sp³-hybridized carbons (Fsp3) is 1.00. The van der Waals surface area contributed by atoms with E-state index in [0.717, 1.165) is 36.9 Å². The molecule has 0 radical (unpaired) electrons. The average Bonchev–Trinajstić information content (AvgIpc) is 2.15. The first-order valence-electron chi connectivity index (χ1n) is 3.94. The molecule has 0 unspecified atom stereocenters. The molecule has 0 fully saturated rings. The lowest BCUT2D eigenvalue weighted by molar-refractivity contribution is 1.15. The summed E-state index contributed by atoms with van der Waals surface area (Å²) in [6.45, 7) is 2.26. The molecule has 7 heteroatoms. The van der Waals surface area contributed by atoms with E-state index in [0.29, 0.717) is 0 Å². The van der Waals surface area contributed by atoms with Crippen LogP contribution in [0.4, 0.5) is 0 Å². The van der Waals surface area contributed by atoms with Crippen LogP contribution in [0.3, 0.4) is 0 Å². The van der Waals surface area contributed by atoms with Crippen LogP contribution in [0.2, 0.25) is 0 Å². The molecule has 6 N–H and O–H groups in total. The molecule has 0 heterocycles. The molecule has 0 saturated heterocycles. The number of thiol groups is 1. The lowest BCUT2D eigenvalue weighted by atomic mass is 10.8. The van der Waals surface area contributed by atoms with E-state index in [1.807, 2.05) is 0 Å². The number of hydrogen-bond donors (Lipinski definition) is 4. The predicted molar refractivity (Wildman–Crippen MR) is 73.5 cm³/mol. The van der Waals surface area contributed by atoms with Crippen LogP contribution >= 0.6 is 44.0 Å². The zero-order valence-electron chi connectivity index (χ0n) is 7.65. The van der Waals surface area contributed by atoms with E-state index in [1.54, 1.807) is 21.6 Å². The van der Waals surface area contributed by atoms with Gasteiger partial charge in [-0.1, -0.05) is 32.4 Å². The summed E-state index contributed by atoms with van der Waals surface area (Å²) < 4.78 is 0. The minimum Gasteiger partial charge on any atom is -0.330 e. The first-order chi connectivity index (χ1) is 6.33. The third-order valence-corrected chi connectivity index (χ3v) is 4.13. The van der Waals surface area contributed by atoms with Crippen LogP contribution in [0, 0.1) is 0 Å². The van der Waals surface area contributed by atoms with Gasteiger partial charge in [0.25, 0.3) is 0 Å². The maximum absolute atomic E-state index is 5.25. The number of nitrogens with two attached hydrogens (primary N) is 3. The van der Waals surface area contributed by atoms with E-state index >= 15 is 0 Å². The second kappa shape index (κ2) is 18.9. The summed E-state index contributed by atoms with van der Waals surface area (Å²) >= 11 is 3.84. The monoisotopic (exact) mass is 261 g/mol. The minimum atomic E-state index is 0.730. The highest BCUT2D eigenvalue weighted by atomic mass is 33.1. The second-order valence-corrected chi connectivity index (χ2v) is 5.99. The van der Waals surface area contributed by atoms with Gasteiger partial charge in [0.1, 0.15) is 0 Å². The second-order valence-electron chi connectivity index (χ2n) is 1.84. The van der Waals surface area contributed by atoms with Gasteiger partial charge in [0, 0.05) is 36.9 Å². The van der Waals surface area contributed by atoms with Crippen molar-refractivity contribution in [3.63, 3.8) is 0 Å². The van der Waals surface area contributed by atoms with Crippen LogP contribution in [0.1, 0.15) is 0 Å². The molecule has 0 rings (SSSR count). The normalized spacial score (nSPS) is 9.23. The third kappa shape index (κ3) is 24.6. The zero-order valence-corrected chi connectivity index (χ0v) is 11.0. The number of rotatable bonds is 7. The minimum absolute atomic E-state index is 0.730. The third-order valence-electron chi connectivity index (χ3n) is 0.695. The van der Waals surface area contributed by atoms with Crippen molar-refractivity contribution in [3.05, 3.63) is 0 Å². The van der Waals surface area contributed by atoms with Gasteiger partial charge in [0.05, 0.1) is 0 Å². The highest BCUT2D eigenvalue weighted by Crippen LogP contribution is 2.18. The largest absolute Gasteiger partial charge is 0.330 e. The molecule has 0 spiro atoms. The smallest absolute Gasteiger partial charge is 0.0160 e. The molecule has 0 aliphatic rings. The Bertz CT molecular complexity index is 68.9. The van der Waals surface area contributed by atoms with Crippen molar-refractivity contribution in [3.8, 4) is 0 Å². The summed E-state index contributed by atoms with van der Waals surface area (Å²) in [7, 11) is 5.05. The van der Waals surface area contributed by atoms with Crippen LogP contribution in [0.5, 0.6) is 0 Å². The van der Waals surface area contributed by atoms with Crippen LogP contribution in [-0.4, -0.2) is 36.9 Å². The molecule has 0 aromatic heterocycles. The van der Waals surface area contributed by atoms with E-state index in [-0.39, 0.29) is 0 Å². The molecule has 0 amide bonds. The van der Waals surface area contributed by atoms with Crippen molar-refractivity contribution in [1.29, 1.82) is 0 Å². The van der Waals surface area contributed by atoms with Gasteiger partial charge in [-0.05, 0) is 0 Å². The van der Waals surface area contributed by atoms with Gasteiger partial charge in [-0.3, -0.25) is 0 Å². The molecule has 0 bridgehead atoms. The standard InChI is InChI=1S/C4H12N2S2.C2H7NS2/c5-1-3-7-8-4-2-6;3-1-2-5-4/h1-6H2;4H,1-3H2. The first-order valence-corrected chi connectivity index (χ1v) is 8.47. The molecule has 0 saturated carbocycles. The van der Waals surface area contributed by atoms with E-state index in [1.165, 1.54) is 10.8 Å². The van der Waals surface area contributed by atoms with Gasteiger partial charge in [-0.2, -0.15) is 0 Å². The summed E-state index contributed by atoms with van der Waals surface area (Å²) in [5.74, 6) is 3.01. The lowest BCUT2D eigenvalue weighted by Crippen LogP contribution is -2.02. The van der Waals surface area contributed by atoms with Crippen molar-refractivity contribution in [2.45, 2.75) is 0 Å². The van der Waals surface area contributed by atoms with Crippen molar-refractivity contribution >= 4 is 44.0 Å². The van der Waals surface area contributed by atoms with E-state index < -0.39 is 0 Å². The van der Waals surface area contributed by atoms with Gasteiger partial charge in [-0.25, -0.2) is 0 Å². The Morgan fingerprint density at radius 2 is 1.15 bits per heavy atom. The highest BCUT2D eigenvalue weighted by molar-refractivity contribution is 8.76. The summed E-state index contributed by atoms with van der Waals surface area (Å²) in [5.41, 5.74) is 15.6. The molecular weight excluding hydrogens is 242 g/mol. The Morgan fingerprint density at radius 3 is 1.31 bits per heavy atom. The summed E-state index contributed by atoms with van der Waals surface area (Å²) in [5, 5.41) is 0. The van der Waals surface area contributed by atoms with Crippen molar-refractivity contribution in [2.24, 2.45) is 17.2 Å². The van der Waals surface area contributed by atoms with Gasteiger partial charge >= 0.3 is 0 Å². The molecule has 0 aliphatic carbocycles. The Labute approximate surface area is 97.9 Å². The van der Waals surface area contributed by atoms with Crippen LogP contribution < -0.4 is 17.2 Å². The Balaban J connectivity index is 0. The fourth-order valence-corrected chi connectivity index (χ4v) is 2.40. The van der Waals surface area contributed by atoms with E-state index in [4.69, 9.17) is 17.2 Å². The van der Waals surface area contributed by atoms with Crippen LogP contribution in [0.15, 0.2) is 0 Å². The van der Waals surface area contributed by atoms with Crippen molar-refractivity contribution < 1.29 is 0 Å². The predicted octanol–water partition coefficient (Wildman–Crippen LogP) is 0.808. The zero-order chi connectivity index (χ0) is 10.4. The van der Waals surface area contributed by atoms with Crippen molar-refractivity contribution in [1.82, 2.24) is 0 Å². The molecule has 13 heavy (non-hydrogen) atoms. The Hall–Kier alpha value is 1.28. The first kappa shape index (κ1) is 16.7. The van der Waals surface area contributed by atoms with Crippen LogP contribution in [-0.2, 0) is 0 Å².